The summed E-state index contributed by atoms with van der Waals surface area (Å²) in [5, 5.41) is 0. The number of allylic oxidation sites excluding steroid dienone is 4. The molecule has 0 unspecified atom stereocenters. The predicted molar refractivity (Wildman–Crippen MR) is 41.7 cm³/mol. The molecule has 0 spiro atoms. The first-order chi connectivity index (χ1) is 4.74. The molecule has 1 rings (SSSR count). The van der Waals surface area contributed by atoms with Crippen molar-refractivity contribution >= 4 is 6.29 Å². The minimum absolute atomic E-state index is 0.128. The maximum Gasteiger partial charge on any atom is 0.127 e. The lowest BCUT2D eigenvalue weighted by Crippen LogP contribution is -2.02. The van der Waals surface area contributed by atoms with Gasteiger partial charge in [0.25, 0.3) is 0 Å². The van der Waals surface area contributed by atoms with Crippen LogP contribution < -0.4 is 0 Å². The zero-order valence-corrected chi connectivity index (χ0v) is 6.42. The van der Waals surface area contributed by atoms with Crippen molar-refractivity contribution in [2.24, 2.45) is 5.92 Å². The van der Waals surface area contributed by atoms with Crippen molar-refractivity contribution in [3.63, 3.8) is 0 Å². The van der Waals surface area contributed by atoms with Gasteiger partial charge in [0, 0.05) is 5.92 Å². The van der Waals surface area contributed by atoms with Crippen LogP contribution in [0.4, 0.5) is 0 Å². The Kier molecular flexibility index (Phi) is 2.05. The van der Waals surface area contributed by atoms with E-state index in [1.54, 1.807) is 0 Å². The van der Waals surface area contributed by atoms with Crippen LogP contribution in [0.25, 0.3) is 0 Å². The molecule has 0 radical (unpaired) electrons. The zero-order valence-electron chi connectivity index (χ0n) is 6.42. The first-order valence-corrected chi connectivity index (χ1v) is 3.55. The van der Waals surface area contributed by atoms with E-state index in [2.05, 4.69) is 13.0 Å². The number of aldehydes is 1. The van der Waals surface area contributed by atoms with Crippen molar-refractivity contribution in [1.29, 1.82) is 0 Å². The second-order valence-electron chi connectivity index (χ2n) is 2.77. The molecule has 0 saturated heterocycles. The van der Waals surface area contributed by atoms with Crippen LogP contribution in [0.2, 0.25) is 0 Å². The van der Waals surface area contributed by atoms with Crippen molar-refractivity contribution in [2.75, 3.05) is 0 Å². The average Bonchev–Trinajstić information content (AvgIpc) is 1.95. The molecule has 1 heteroatoms. The standard InChI is InChI=1S/C9H12O/c1-7-3-4-9(6-10)5-8(7)2/h3,5-6,9H,4H2,1-2H3/t9-/m1/s1. The normalized spacial score (nSPS) is 25.2. The van der Waals surface area contributed by atoms with Gasteiger partial charge in [0.05, 0.1) is 0 Å². The fourth-order valence-electron chi connectivity index (χ4n) is 1.09. The first-order valence-electron chi connectivity index (χ1n) is 3.55. The molecule has 0 bridgehead atoms. The van der Waals surface area contributed by atoms with Crippen LogP contribution in [0, 0.1) is 5.92 Å². The highest BCUT2D eigenvalue weighted by atomic mass is 16.1. The summed E-state index contributed by atoms with van der Waals surface area (Å²) in [5.74, 6) is 0.128. The van der Waals surface area contributed by atoms with Gasteiger partial charge in [-0.3, -0.25) is 0 Å². The molecule has 0 aromatic carbocycles. The van der Waals surface area contributed by atoms with E-state index in [-0.39, 0.29) is 5.92 Å². The maximum atomic E-state index is 10.3. The smallest absolute Gasteiger partial charge is 0.127 e. The molecular weight excluding hydrogens is 124 g/mol. The van der Waals surface area contributed by atoms with Gasteiger partial charge in [0.1, 0.15) is 6.29 Å². The van der Waals surface area contributed by atoms with Gasteiger partial charge in [-0.2, -0.15) is 0 Å². The van der Waals surface area contributed by atoms with Crippen LogP contribution in [-0.4, -0.2) is 6.29 Å². The van der Waals surface area contributed by atoms with E-state index in [4.69, 9.17) is 0 Å². The Labute approximate surface area is 61.4 Å². The fraction of sp³-hybridized carbons (Fsp3) is 0.444. The summed E-state index contributed by atoms with van der Waals surface area (Å²) in [5.41, 5.74) is 2.54. The molecule has 1 aliphatic carbocycles. The molecule has 0 aromatic rings. The van der Waals surface area contributed by atoms with Gasteiger partial charge in [-0.1, -0.05) is 23.3 Å². The third-order valence-corrected chi connectivity index (χ3v) is 1.96. The van der Waals surface area contributed by atoms with E-state index >= 15 is 0 Å². The molecule has 54 valence electrons. The fourth-order valence-corrected chi connectivity index (χ4v) is 1.09. The van der Waals surface area contributed by atoms with E-state index in [1.165, 1.54) is 11.1 Å². The Morgan fingerprint density at radius 3 is 2.70 bits per heavy atom. The Bertz CT molecular complexity index is 199. The summed E-state index contributed by atoms with van der Waals surface area (Å²) in [4.78, 5) is 10.3. The van der Waals surface area contributed by atoms with Crippen LogP contribution in [0.3, 0.4) is 0 Å². The summed E-state index contributed by atoms with van der Waals surface area (Å²) < 4.78 is 0. The third kappa shape index (κ3) is 1.35. The molecule has 1 aliphatic rings. The molecule has 0 N–H and O–H groups in total. The molecule has 0 heterocycles. The Balaban J connectivity index is 2.75. The predicted octanol–water partition coefficient (Wildman–Crippen LogP) is 2.10. The van der Waals surface area contributed by atoms with Crippen LogP contribution in [0.1, 0.15) is 20.3 Å². The van der Waals surface area contributed by atoms with Gasteiger partial charge in [0.2, 0.25) is 0 Å². The quantitative estimate of drug-likeness (QED) is 0.504. The van der Waals surface area contributed by atoms with Crippen LogP contribution in [-0.2, 0) is 4.79 Å². The van der Waals surface area contributed by atoms with Gasteiger partial charge in [-0.15, -0.1) is 0 Å². The molecule has 0 amide bonds. The molecule has 1 nitrogen and oxygen atoms in total. The highest BCUT2D eigenvalue weighted by Gasteiger charge is 2.07. The molecular formula is C9H12O. The summed E-state index contributed by atoms with van der Waals surface area (Å²) >= 11 is 0. The molecule has 0 aliphatic heterocycles. The highest BCUT2D eigenvalue weighted by molar-refractivity contribution is 5.59. The Hall–Kier alpha value is -0.850. The van der Waals surface area contributed by atoms with Crippen molar-refractivity contribution in [1.82, 2.24) is 0 Å². The Morgan fingerprint density at radius 1 is 1.50 bits per heavy atom. The van der Waals surface area contributed by atoms with E-state index in [0.717, 1.165) is 12.7 Å². The van der Waals surface area contributed by atoms with E-state index in [1.807, 2.05) is 13.0 Å². The van der Waals surface area contributed by atoms with Gasteiger partial charge >= 0.3 is 0 Å². The number of carbonyl (C=O) groups is 1. The molecule has 0 fully saturated rings. The first kappa shape index (κ1) is 7.26. The van der Waals surface area contributed by atoms with Gasteiger partial charge < -0.3 is 4.79 Å². The van der Waals surface area contributed by atoms with E-state index in [9.17, 15) is 4.79 Å². The van der Waals surface area contributed by atoms with Gasteiger partial charge in [-0.05, 0) is 20.3 Å². The topological polar surface area (TPSA) is 17.1 Å². The number of carbonyl (C=O) groups excluding carboxylic acids is 1. The van der Waals surface area contributed by atoms with Gasteiger partial charge in [0.15, 0.2) is 0 Å². The largest absolute Gasteiger partial charge is 0.303 e. The summed E-state index contributed by atoms with van der Waals surface area (Å²) in [7, 11) is 0. The van der Waals surface area contributed by atoms with Crippen molar-refractivity contribution < 1.29 is 4.79 Å². The van der Waals surface area contributed by atoms with Crippen molar-refractivity contribution in [3.05, 3.63) is 23.3 Å². The van der Waals surface area contributed by atoms with Gasteiger partial charge in [-0.25, -0.2) is 0 Å². The van der Waals surface area contributed by atoms with Crippen molar-refractivity contribution in [2.45, 2.75) is 20.3 Å². The highest BCUT2D eigenvalue weighted by Crippen LogP contribution is 2.20. The average molecular weight is 136 g/mol. The molecule has 1 atom stereocenters. The lowest BCUT2D eigenvalue weighted by molar-refractivity contribution is -0.109. The van der Waals surface area contributed by atoms with E-state index < -0.39 is 0 Å². The second kappa shape index (κ2) is 2.82. The summed E-state index contributed by atoms with van der Waals surface area (Å²) in [6.07, 6.45) is 6.04. The third-order valence-electron chi connectivity index (χ3n) is 1.96. The maximum absolute atomic E-state index is 10.3. The molecule has 0 saturated carbocycles. The second-order valence-corrected chi connectivity index (χ2v) is 2.77. The number of rotatable bonds is 1. The SMILES string of the molecule is CC1=CC[C@@H](C=O)C=C1C. The van der Waals surface area contributed by atoms with Crippen LogP contribution >= 0.6 is 0 Å². The lowest BCUT2D eigenvalue weighted by Gasteiger charge is -2.11. The minimum atomic E-state index is 0.128. The number of hydrogen-bond acceptors (Lipinski definition) is 1. The van der Waals surface area contributed by atoms with Crippen LogP contribution in [0.5, 0.6) is 0 Å². The van der Waals surface area contributed by atoms with E-state index in [0.29, 0.717) is 0 Å². The van der Waals surface area contributed by atoms with Crippen LogP contribution in [0.15, 0.2) is 23.3 Å². The molecule has 10 heavy (non-hydrogen) atoms. The lowest BCUT2D eigenvalue weighted by atomic mass is 9.93. The summed E-state index contributed by atoms with van der Waals surface area (Å²) in [6.45, 7) is 4.12. The minimum Gasteiger partial charge on any atom is -0.303 e. The van der Waals surface area contributed by atoms with Crippen molar-refractivity contribution in [3.8, 4) is 0 Å². The summed E-state index contributed by atoms with van der Waals surface area (Å²) in [6, 6.07) is 0. The molecule has 0 aromatic heterocycles. The number of hydrogen-bond donors (Lipinski definition) is 0. The zero-order chi connectivity index (χ0) is 7.56. The monoisotopic (exact) mass is 136 g/mol. The Morgan fingerprint density at radius 2 is 2.20 bits per heavy atom.